The van der Waals surface area contributed by atoms with Crippen molar-refractivity contribution in [2.75, 3.05) is 46.2 Å². The Bertz CT molecular complexity index is 1060. The van der Waals surface area contributed by atoms with Crippen LogP contribution in [-0.4, -0.2) is 130 Å². The van der Waals surface area contributed by atoms with Gasteiger partial charge in [-0.1, -0.05) is 6.92 Å². The quantitative estimate of drug-likeness (QED) is 0.0476. The van der Waals surface area contributed by atoms with E-state index in [1.54, 1.807) is 4.90 Å². The monoisotopic (exact) mass is 711 g/mol. The molecule has 0 spiro atoms. The van der Waals surface area contributed by atoms with Crippen LogP contribution in [0.5, 0.6) is 0 Å². The molecular formula is C23H43N3O14P2S2. The summed E-state index contributed by atoms with van der Waals surface area (Å²) in [5.74, 6) is -1.04. The van der Waals surface area contributed by atoms with E-state index in [0.717, 1.165) is 0 Å². The van der Waals surface area contributed by atoms with E-state index in [0.29, 0.717) is 38.8 Å². The van der Waals surface area contributed by atoms with Crippen LogP contribution in [0.1, 0.15) is 46.0 Å². The van der Waals surface area contributed by atoms with Gasteiger partial charge < -0.3 is 59.5 Å². The normalized spacial score (nSPS) is 26.9. The number of hydrogen-bond acceptors (Lipinski definition) is 13. The van der Waals surface area contributed by atoms with Gasteiger partial charge in [0, 0.05) is 33.0 Å². The molecular weight excluding hydrogens is 668 g/mol. The summed E-state index contributed by atoms with van der Waals surface area (Å²) in [5, 5.41) is 34.8. The first kappa shape index (κ1) is 39.4. The van der Waals surface area contributed by atoms with Crippen LogP contribution in [-0.2, 0) is 61.0 Å². The van der Waals surface area contributed by atoms with Crippen molar-refractivity contribution in [1.29, 1.82) is 0 Å². The van der Waals surface area contributed by atoms with Crippen LogP contribution < -0.4 is 10.6 Å². The number of hydrogen-bond donors (Lipinski definition) is 8. The number of rotatable bonds is 17. The number of aliphatic hydroxyl groups is 3. The summed E-state index contributed by atoms with van der Waals surface area (Å²) in [6, 6.07) is -1.05. The highest BCUT2D eigenvalue weighted by molar-refractivity contribution is 8.07. The molecule has 21 heteroatoms. The number of unbranched alkanes of at least 4 members (excludes halogenated alkanes) is 1. The van der Waals surface area contributed by atoms with Gasteiger partial charge in [0.05, 0.1) is 19.8 Å². The molecule has 2 aliphatic heterocycles. The van der Waals surface area contributed by atoms with Crippen LogP contribution in [0, 0.1) is 5.41 Å². The lowest BCUT2D eigenvalue weighted by Gasteiger charge is -2.42. The van der Waals surface area contributed by atoms with Gasteiger partial charge in [-0.25, -0.2) is 0 Å². The summed E-state index contributed by atoms with van der Waals surface area (Å²) in [4.78, 5) is 66.1. The molecule has 44 heavy (non-hydrogen) atoms. The number of carbonyl (C=O) groups is 3. The lowest BCUT2D eigenvalue weighted by Crippen LogP contribution is -2.64. The average Bonchev–Trinajstić information content (AvgIpc) is 2.93. The van der Waals surface area contributed by atoms with Crippen molar-refractivity contribution >= 4 is 54.8 Å². The Balaban J connectivity index is 1.65. The van der Waals surface area contributed by atoms with Crippen LogP contribution in [0.2, 0.25) is 0 Å². The zero-order chi connectivity index (χ0) is 33.1. The molecule has 6 atom stereocenters. The Hall–Kier alpha value is -0.730. The predicted molar refractivity (Wildman–Crippen MR) is 160 cm³/mol. The zero-order valence-electron chi connectivity index (χ0n) is 24.5. The van der Waals surface area contributed by atoms with Gasteiger partial charge in [0.15, 0.2) is 13.1 Å². The summed E-state index contributed by atoms with van der Waals surface area (Å²) in [7, 11) is 0. The van der Waals surface area contributed by atoms with E-state index in [9.17, 15) is 34.6 Å². The Morgan fingerprint density at radius 1 is 1.05 bits per heavy atom. The standard InChI is InChI=1S/C23H43N3O14P2S2/c1-15(28)25-19-21(32)20(31)16(12-27)40-22(19)36-10-4-3-5-17(29)24-11-18(30)26-8-6-23(2,7-9-26)13-37-42(35,44)39-14-38-41(33,34)43/h16,19-22,27,31-32H,3-14H2,1-2H3,(H,24,29)(H,25,28)(H,35,44)(H2,33,34,43)/t16?,19?,20-,21+,22+,42?/m0/s1. The van der Waals surface area contributed by atoms with Gasteiger partial charge in [-0.05, 0) is 54.7 Å². The number of ether oxygens (including phenoxy) is 2. The predicted octanol–water partition coefficient (Wildman–Crippen LogP) is -1.70. The van der Waals surface area contributed by atoms with Gasteiger partial charge in [-0.2, -0.15) is 0 Å². The second-order valence-corrected chi connectivity index (χ2v) is 16.3. The van der Waals surface area contributed by atoms with Crippen molar-refractivity contribution in [2.24, 2.45) is 5.41 Å². The number of nitrogens with zero attached hydrogens (tertiary/aromatic N) is 1. The van der Waals surface area contributed by atoms with Gasteiger partial charge >= 0.3 is 13.4 Å². The van der Waals surface area contributed by atoms with Crippen molar-refractivity contribution < 1.29 is 67.4 Å². The van der Waals surface area contributed by atoms with Crippen molar-refractivity contribution in [3.8, 4) is 0 Å². The minimum Gasteiger partial charge on any atom is -0.394 e. The first-order valence-corrected chi connectivity index (χ1v) is 19.0. The maximum absolute atomic E-state index is 12.6. The van der Waals surface area contributed by atoms with Gasteiger partial charge in [0.25, 0.3) is 0 Å². The zero-order valence-corrected chi connectivity index (χ0v) is 27.9. The van der Waals surface area contributed by atoms with Crippen molar-refractivity contribution in [3.05, 3.63) is 0 Å². The van der Waals surface area contributed by atoms with Crippen molar-refractivity contribution in [1.82, 2.24) is 15.5 Å². The third-order valence-corrected chi connectivity index (χ3v) is 9.38. The smallest absolute Gasteiger partial charge is 0.326 e. The molecule has 2 saturated heterocycles. The van der Waals surface area contributed by atoms with Gasteiger partial charge in [0.1, 0.15) is 24.4 Å². The first-order chi connectivity index (χ1) is 20.4. The minimum atomic E-state index is -3.95. The highest BCUT2D eigenvalue weighted by Crippen LogP contribution is 2.48. The second kappa shape index (κ2) is 18.0. The summed E-state index contributed by atoms with van der Waals surface area (Å²) >= 11 is 9.16. The maximum atomic E-state index is 12.6. The summed E-state index contributed by atoms with van der Waals surface area (Å²) in [6.07, 6.45) is -2.99. The maximum Gasteiger partial charge on any atom is 0.326 e. The van der Waals surface area contributed by atoms with E-state index in [1.165, 1.54) is 6.92 Å². The van der Waals surface area contributed by atoms with E-state index in [-0.39, 0.29) is 38.0 Å². The molecule has 2 aliphatic rings. The molecule has 3 amide bonds. The second-order valence-electron chi connectivity index (χ2n) is 10.8. The molecule has 2 rings (SSSR count). The molecule has 0 aromatic carbocycles. The molecule has 0 radical (unpaired) electrons. The fraction of sp³-hybridized carbons (Fsp3) is 0.870. The van der Waals surface area contributed by atoms with Crippen LogP contribution in [0.4, 0.5) is 0 Å². The van der Waals surface area contributed by atoms with Crippen LogP contribution in [0.15, 0.2) is 0 Å². The van der Waals surface area contributed by atoms with Gasteiger partial charge in [-0.3, -0.25) is 23.4 Å². The fourth-order valence-electron chi connectivity index (χ4n) is 4.45. The van der Waals surface area contributed by atoms with E-state index in [4.69, 9.17) is 40.1 Å². The molecule has 3 unspecified atom stereocenters. The molecule has 0 aromatic heterocycles. The highest BCUT2D eigenvalue weighted by atomic mass is 32.5. The summed E-state index contributed by atoms with van der Waals surface area (Å²) in [5.41, 5.74) is -0.413. The van der Waals surface area contributed by atoms with Gasteiger partial charge in [0.2, 0.25) is 17.7 Å². The topological polar surface area (TPSA) is 246 Å². The lowest BCUT2D eigenvalue weighted by atomic mass is 9.81. The average molecular weight is 712 g/mol. The molecule has 2 fully saturated rings. The largest absolute Gasteiger partial charge is 0.394 e. The van der Waals surface area contributed by atoms with Crippen LogP contribution >= 0.6 is 13.4 Å². The number of likely N-dealkylation sites (tertiary alicyclic amines) is 1. The van der Waals surface area contributed by atoms with E-state index in [2.05, 4.69) is 27.0 Å². The Kier molecular flexibility index (Phi) is 16.1. The lowest BCUT2D eigenvalue weighted by molar-refractivity contribution is -0.270. The van der Waals surface area contributed by atoms with Crippen LogP contribution in [0.25, 0.3) is 0 Å². The number of nitrogens with one attached hydrogen (secondary N) is 2. The molecule has 0 bridgehead atoms. The molecule has 8 N–H and O–H groups in total. The minimum absolute atomic E-state index is 0.0426. The van der Waals surface area contributed by atoms with E-state index in [1.807, 2.05) is 6.92 Å². The number of aliphatic hydroxyl groups excluding tert-OH is 3. The molecule has 2 heterocycles. The molecule has 256 valence electrons. The Labute approximate surface area is 265 Å². The number of piperidine rings is 1. The van der Waals surface area contributed by atoms with Crippen molar-refractivity contribution in [3.63, 3.8) is 0 Å². The summed E-state index contributed by atoms with van der Waals surface area (Å²) in [6.45, 7) is -5.03. The third-order valence-electron chi connectivity index (χ3n) is 7.10. The Morgan fingerprint density at radius 3 is 2.30 bits per heavy atom. The highest BCUT2D eigenvalue weighted by Gasteiger charge is 2.45. The van der Waals surface area contributed by atoms with E-state index >= 15 is 0 Å². The van der Waals surface area contributed by atoms with Gasteiger partial charge in [-0.15, -0.1) is 0 Å². The van der Waals surface area contributed by atoms with Crippen molar-refractivity contribution in [2.45, 2.75) is 76.6 Å². The third kappa shape index (κ3) is 13.9. The van der Waals surface area contributed by atoms with Crippen LogP contribution in [0.3, 0.4) is 0 Å². The number of amides is 3. The summed E-state index contributed by atoms with van der Waals surface area (Å²) < 4.78 is 25.8. The molecule has 0 aromatic rings. The Morgan fingerprint density at radius 2 is 1.70 bits per heavy atom. The first-order valence-electron chi connectivity index (χ1n) is 13.8. The fourth-order valence-corrected chi connectivity index (χ4v) is 5.87. The van der Waals surface area contributed by atoms with E-state index < -0.39 is 68.8 Å². The molecule has 0 aliphatic carbocycles. The number of carbonyl (C=O) groups excluding carboxylic acids is 3. The SMILES string of the molecule is CC(=O)NC1[C@H](OCCCCC(=O)NCC(=O)N2CCC(C)(COP(O)(=S)OCOP(O)(O)=S)CC2)OC(CO)[C@H](O)[C@@H]1O. The molecule has 17 nitrogen and oxygen atoms in total. The molecule has 0 saturated carbocycles.